The minimum Gasteiger partial charge on any atom is -0.379 e. The van der Waals surface area contributed by atoms with Crippen molar-refractivity contribution in [2.75, 3.05) is 37.4 Å². The number of aromatic nitrogens is 4. The molecule has 0 aliphatic carbocycles. The van der Waals surface area contributed by atoms with Gasteiger partial charge in [-0.05, 0) is 35.0 Å². The fraction of sp³-hybridized carbons (Fsp3) is 0.467. The summed E-state index contributed by atoms with van der Waals surface area (Å²) in [5.41, 5.74) is 1.05. The normalized spacial score (nSPS) is 15.6. The van der Waals surface area contributed by atoms with Gasteiger partial charge in [0.15, 0.2) is 0 Å². The third-order valence-corrected chi connectivity index (χ3v) is 7.02. The Labute approximate surface area is 161 Å². The first-order valence-electron chi connectivity index (χ1n) is 8.21. The number of anilines is 1. The standard InChI is InChI=1S/C15H20N6O4S2/c1-11-3-4-12(16-14(22)10-26-15-17-18-19-20(15)2)9-13(11)27(23,24)21-5-7-25-8-6-21/h3-4,9H,5-8,10H2,1-2H3,(H,16,22). The Morgan fingerprint density at radius 2 is 2.07 bits per heavy atom. The van der Waals surface area contributed by atoms with Crippen LogP contribution >= 0.6 is 11.8 Å². The van der Waals surface area contributed by atoms with Crippen molar-refractivity contribution in [2.24, 2.45) is 7.05 Å². The molecule has 146 valence electrons. The summed E-state index contributed by atoms with van der Waals surface area (Å²) in [6.45, 7) is 3.13. The first kappa shape index (κ1) is 19.7. The number of ether oxygens (including phenoxy) is 1. The van der Waals surface area contributed by atoms with E-state index in [2.05, 4.69) is 20.8 Å². The highest BCUT2D eigenvalue weighted by Gasteiger charge is 2.28. The zero-order valence-electron chi connectivity index (χ0n) is 15.0. The van der Waals surface area contributed by atoms with Crippen LogP contribution in [0.5, 0.6) is 0 Å². The monoisotopic (exact) mass is 412 g/mol. The maximum atomic E-state index is 12.9. The molecular formula is C15H20N6O4S2. The zero-order chi connectivity index (χ0) is 19.4. The van der Waals surface area contributed by atoms with Crippen LogP contribution < -0.4 is 5.32 Å². The number of nitrogens with zero attached hydrogens (tertiary/aromatic N) is 5. The summed E-state index contributed by atoms with van der Waals surface area (Å²) in [5, 5.41) is 14.2. The van der Waals surface area contributed by atoms with E-state index < -0.39 is 10.0 Å². The van der Waals surface area contributed by atoms with E-state index >= 15 is 0 Å². The summed E-state index contributed by atoms with van der Waals surface area (Å²) in [5.74, 6) is -0.172. The molecule has 1 amide bonds. The number of hydrogen-bond donors (Lipinski definition) is 1. The summed E-state index contributed by atoms with van der Waals surface area (Å²) < 4.78 is 33.9. The largest absolute Gasteiger partial charge is 0.379 e. The highest BCUT2D eigenvalue weighted by molar-refractivity contribution is 7.99. The number of nitrogens with one attached hydrogen (secondary N) is 1. The molecule has 0 radical (unpaired) electrons. The summed E-state index contributed by atoms with van der Waals surface area (Å²) in [4.78, 5) is 12.4. The second-order valence-corrected chi connectivity index (χ2v) is 8.77. The lowest BCUT2D eigenvalue weighted by Gasteiger charge is -2.26. The van der Waals surface area contributed by atoms with E-state index in [9.17, 15) is 13.2 Å². The molecule has 0 spiro atoms. The third-order valence-electron chi connectivity index (χ3n) is 3.97. The van der Waals surface area contributed by atoms with Crippen LogP contribution in [-0.4, -0.2) is 70.9 Å². The van der Waals surface area contributed by atoms with Gasteiger partial charge < -0.3 is 10.1 Å². The first-order chi connectivity index (χ1) is 12.9. The molecule has 1 aliphatic rings. The number of morpholine rings is 1. The average Bonchev–Trinajstić information content (AvgIpc) is 3.07. The van der Waals surface area contributed by atoms with Crippen LogP contribution in [0.2, 0.25) is 0 Å². The van der Waals surface area contributed by atoms with Gasteiger partial charge in [-0.15, -0.1) is 5.10 Å². The van der Waals surface area contributed by atoms with Crippen LogP contribution in [0.3, 0.4) is 0 Å². The summed E-state index contributed by atoms with van der Waals surface area (Å²) in [6, 6.07) is 4.86. The first-order valence-corrected chi connectivity index (χ1v) is 10.6. The minimum absolute atomic E-state index is 0.105. The Hall–Kier alpha value is -2.02. The molecule has 0 bridgehead atoms. The predicted molar refractivity (Wildman–Crippen MR) is 98.9 cm³/mol. The number of amides is 1. The Bertz CT molecular complexity index is 924. The Kier molecular flexibility index (Phi) is 6.09. The number of carbonyl (C=O) groups is 1. The molecule has 1 aromatic heterocycles. The van der Waals surface area contributed by atoms with Gasteiger partial charge in [0.25, 0.3) is 0 Å². The number of carbonyl (C=O) groups excluding carboxylic acids is 1. The van der Waals surface area contributed by atoms with Crippen molar-refractivity contribution in [3.63, 3.8) is 0 Å². The molecule has 3 rings (SSSR count). The number of rotatable bonds is 6. The van der Waals surface area contributed by atoms with Crippen molar-refractivity contribution in [3.05, 3.63) is 23.8 Å². The second-order valence-electron chi connectivity index (χ2n) is 5.92. The van der Waals surface area contributed by atoms with Crippen molar-refractivity contribution < 1.29 is 17.9 Å². The van der Waals surface area contributed by atoms with Crippen molar-refractivity contribution in [3.8, 4) is 0 Å². The topological polar surface area (TPSA) is 119 Å². The van der Waals surface area contributed by atoms with Crippen LogP contribution in [0.15, 0.2) is 28.3 Å². The highest BCUT2D eigenvalue weighted by Crippen LogP contribution is 2.24. The van der Waals surface area contributed by atoms with E-state index in [4.69, 9.17) is 4.74 Å². The van der Waals surface area contributed by atoms with Gasteiger partial charge in [0, 0.05) is 25.8 Å². The highest BCUT2D eigenvalue weighted by atomic mass is 32.2. The molecule has 0 atom stereocenters. The second kappa shape index (κ2) is 8.33. The van der Waals surface area contributed by atoms with Crippen LogP contribution in [0.1, 0.15) is 5.56 Å². The number of tetrazole rings is 1. The number of hydrogen-bond acceptors (Lipinski definition) is 8. The lowest BCUT2D eigenvalue weighted by atomic mass is 10.2. The number of sulfonamides is 1. The van der Waals surface area contributed by atoms with Gasteiger partial charge >= 0.3 is 0 Å². The molecule has 1 saturated heterocycles. The van der Waals surface area contributed by atoms with Gasteiger partial charge in [0.1, 0.15) is 0 Å². The maximum Gasteiger partial charge on any atom is 0.243 e. The van der Waals surface area contributed by atoms with Crippen molar-refractivity contribution in [1.29, 1.82) is 0 Å². The SMILES string of the molecule is Cc1ccc(NC(=O)CSc2nnnn2C)cc1S(=O)(=O)N1CCOCC1. The summed E-state index contributed by atoms with van der Waals surface area (Å²) in [7, 11) is -1.95. The summed E-state index contributed by atoms with van der Waals surface area (Å²) in [6.07, 6.45) is 0. The average molecular weight is 412 g/mol. The molecule has 2 heterocycles. The molecule has 2 aromatic rings. The quantitative estimate of drug-likeness (QED) is 0.672. The Morgan fingerprint density at radius 1 is 1.33 bits per heavy atom. The molecule has 0 unspecified atom stereocenters. The van der Waals surface area contributed by atoms with E-state index in [-0.39, 0.29) is 16.6 Å². The van der Waals surface area contributed by atoms with E-state index in [0.29, 0.717) is 42.7 Å². The van der Waals surface area contributed by atoms with E-state index in [1.807, 2.05) is 0 Å². The smallest absolute Gasteiger partial charge is 0.243 e. The Balaban J connectivity index is 1.71. The molecule has 1 N–H and O–H groups in total. The van der Waals surface area contributed by atoms with Crippen LogP contribution in [0, 0.1) is 6.92 Å². The van der Waals surface area contributed by atoms with Gasteiger partial charge in [-0.25, -0.2) is 13.1 Å². The molecule has 1 aliphatic heterocycles. The lowest BCUT2D eigenvalue weighted by molar-refractivity contribution is -0.113. The molecule has 10 nitrogen and oxygen atoms in total. The number of benzene rings is 1. The number of thioether (sulfide) groups is 1. The van der Waals surface area contributed by atoms with Crippen molar-refractivity contribution in [2.45, 2.75) is 17.0 Å². The molecule has 0 saturated carbocycles. The van der Waals surface area contributed by atoms with Crippen LogP contribution in [-0.2, 0) is 26.6 Å². The molecule has 12 heteroatoms. The van der Waals surface area contributed by atoms with Crippen molar-refractivity contribution >= 4 is 33.4 Å². The molecule has 1 fully saturated rings. The third kappa shape index (κ3) is 4.64. The maximum absolute atomic E-state index is 12.9. The van der Waals surface area contributed by atoms with Crippen molar-refractivity contribution in [1.82, 2.24) is 24.5 Å². The van der Waals surface area contributed by atoms with Gasteiger partial charge in [0.2, 0.25) is 21.1 Å². The number of aryl methyl sites for hydroxylation is 2. The predicted octanol–water partition coefficient (Wildman–Crippen LogP) is 0.270. The fourth-order valence-corrected chi connectivity index (χ4v) is 4.86. The lowest BCUT2D eigenvalue weighted by Crippen LogP contribution is -2.40. The van der Waals surface area contributed by atoms with Gasteiger partial charge in [0.05, 0.1) is 23.9 Å². The summed E-state index contributed by atoms with van der Waals surface area (Å²) >= 11 is 1.19. The van der Waals surface area contributed by atoms with Gasteiger partial charge in [-0.2, -0.15) is 4.31 Å². The fourth-order valence-electron chi connectivity index (χ4n) is 2.55. The van der Waals surface area contributed by atoms with Gasteiger partial charge in [-0.3, -0.25) is 4.79 Å². The van der Waals surface area contributed by atoms with E-state index in [0.717, 1.165) is 0 Å². The Morgan fingerprint density at radius 3 is 2.74 bits per heavy atom. The van der Waals surface area contributed by atoms with Crippen LogP contribution in [0.4, 0.5) is 5.69 Å². The van der Waals surface area contributed by atoms with Gasteiger partial charge in [-0.1, -0.05) is 17.8 Å². The zero-order valence-corrected chi connectivity index (χ0v) is 16.6. The van der Waals surface area contributed by atoms with E-state index in [1.165, 1.54) is 26.8 Å². The molecule has 1 aromatic carbocycles. The minimum atomic E-state index is -3.64. The molecular weight excluding hydrogens is 392 g/mol. The molecule has 27 heavy (non-hydrogen) atoms. The van der Waals surface area contributed by atoms with E-state index in [1.54, 1.807) is 26.1 Å². The van der Waals surface area contributed by atoms with Crippen LogP contribution in [0.25, 0.3) is 0 Å².